The Hall–Kier alpha value is -2.06. The lowest BCUT2D eigenvalue weighted by molar-refractivity contribution is -0.125. The van der Waals surface area contributed by atoms with Crippen molar-refractivity contribution in [3.8, 4) is 0 Å². The smallest absolute Gasteiger partial charge is 0.305 e. The SMILES string of the molecule is Cc1c(C(=O)NNC(=O)[C@H]2CCS(=O)(=O)C2)oc2ccc(Cl)cc12. The number of hydrogen-bond acceptors (Lipinski definition) is 5. The summed E-state index contributed by atoms with van der Waals surface area (Å²) in [6, 6.07) is 4.99. The summed E-state index contributed by atoms with van der Waals surface area (Å²) in [5, 5.41) is 1.23. The van der Waals surface area contributed by atoms with Gasteiger partial charge in [-0.1, -0.05) is 11.6 Å². The van der Waals surface area contributed by atoms with Gasteiger partial charge in [-0.25, -0.2) is 8.42 Å². The number of carbonyl (C=O) groups is 2. The Morgan fingerprint density at radius 3 is 2.71 bits per heavy atom. The minimum Gasteiger partial charge on any atom is -0.451 e. The topological polar surface area (TPSA) is 105 Å². The summed E-state index contributed by atoms with van der Waals surface area (Å²) in [6.07, 6.45) is 0.256. The number of amides is 2. The molecule has 2 amide bonds. The zero-order chi connectivity index (χ0) is 17.5. The second-order valence-electron chi connectivity index (χ2n) is 5.74. The molecular formula is C15H15ClN2O5S. The molecule has 1 aromatic carbocycles. The fourth-order valence-electron chi connectivity index (χ4n) is 2.69. The fraction of sp³-hybridized carbons (Fsp3) is 0.333. The zero-order valence-electron chi connectivity index (χ0n) is 12.8. The van der Waals surface area contributed by atoms with Gasteiger partial charge in [-0.2, -0.15) is 0 Å². The van der Waals surface area contributed by atoms with Crippen LogP contribution in [0.1, 0.15) is 22.5 Å². The van der Waals surface area contributed by atoms with Crippen molar-refractivity contribution in [2.75, 3.05) is 11.5 Å². The first-order valence-electron chi connectivity index (χ1n) is 7.26. The van der Waals surface area contributed by atoms with Gasteiger partial charge in [0, 0.05) is 16.0 Å². The normalized spacial score (nSPS) is 19.3. The quantitative estimate of drug-likeness (QED) is 0.781. The Balaban J connectivity index is 1.69. The van der Waals surface area contributed by atoms with Crippen LogP contribution in [0, 0.1) is 12.8 Å². The maximum Gasteiger partial charge on any atom is 0.305 e. The number of halogens is 1. The number of aryl methyl sites for hydroxylation is 1. The molecule has 0 aliphatic carbocycles. The van der Waals surface area contributed by atoms with Crippen molar-refractivity contribution in [3.05, 3.63) is 34.5 Å². The maximum absolute atomic E-state index is 12.2. The first-order chi connectivity index (χ1) is 11.3. The molecular weight excluding hydrogens is 356 g/mol. The molecule has 128 valence electrons. The highest BCUT2D eigenvalue weighted by Crippen LogP contribution is 2.27. The third-order valence-corrected chi connectivity index (χ3v) is 6.01. The standard InChI is InChI=1S/C15H15ClN2O5S/c1-8-11-6-10(16)2-3-12(11)23-13(8)15(20)18-17-14(19)9-4-5-24(21,22)7-9/h2-3,6,9H,4-5,7H2,1H3,(H,17,19)(H,18,20)/t9-/m0/s1. The molecule has 0 saturated carbocycles. The average Bonchev–Trinajstić information content (AvgIpc) is 3.05. The fourth-order valence-corrected chi connectivity index (χ4v) is 4.60. The number of furan rings is 1. The first kappa shape index (κ1) is 16.8. The summed E-state index contributed by atoms with van der Waals surface area (Å²) in [5.41, 5.74) is 5.62. The van der Waals surface area contributed by atoms with E-state index in [1.807, 2.05) is 0 Å². The van der Waals surface area contributed by atoms with Crippen molar-refractivity contribution in [2.24, 2.45) is 5.92 Å². The highest BCUT2D eigenvalue weighted by atomic mass is 35.5. The van der Waals surface area contributed by atoms with Crippen LogP contribution in [-0.4, -0.2) is 31.7 Å². The third-order valence-electron chi connectivity index (χ3n) is 4.01. The highest BCUT2D eigenvalue weighted by molar-refractivity contribution is 7.91. The van der Waals surface area contributed by atoms with Gasteiger partial charge in [-0.3, -0.25) is 20.4 Å². The van der Waals surface area contributed by atoms with Crippen molar-refractivity contribution >= 4 is 44.2 Å². The Labute approximate surface area is 143 Å². The van der Waals surface area contributed by atoms with Crippen molar-refractivity contribution in [2.45, 2.75) is 13.3 Å². The third kappa shape index (κ3) is 3.25. The highest BCUT2D eigenvalue weighted by Gasteiger charge is 2.33. The molecule has 0 radical (unpaired) electrons. The molecule has 3 rings (SSSR count). The Bertz CT molecular complexity index is 935. The van der Waals surface area contributed by atoms with Gasteiger partial charge in [0.05, 0.1) is 17.4 Å². The van der Waals surface area contributed by atoms with Crippen LogP contribution < -0.4 is 10.9 Å². The number of nitrogens with one attached hydrogen (secondary N) is 2. The number of sulfone groups is 1. The van der Waals surface area contributed by atoms with Crippen molar-refractivity contribution < 1.29 is 22.4 Å². The van der Waals surface area contributed by atoms with E-state index in [0.717, 1.165) is 0 Å². The molecule has 1 aromatic heterocycles. The van der Waals surface area contributed by atoms with Crippen LogP contribution >= 0.6 is 11.6 Å². The molecule has 0 unspecified atom stereocenters. The number of benzene rings is 1. The minimum absolute atomic E-state index is 0.0114. The van der Waals surface area contributed by atoms with Gasteiger partial charge in [-0.05, 0) is 31.5 Å². The summed E-state index contributed by atoms with van der Waals surface area (Å²) >= 11 is 5.93. The van der Waals surface area contributed by atoms with Crippen LogP contribution in [0.2, 0.25) is 5.02 Å². The molecule has 7 nitrogen and oxygen atoms in total. The first-order valence-corrected chi connectivity index (χ1v) is 9.46. The van der Waals surface area contributed by atoms with Crippen LogP contribution in [-0.2, 0) is 14.6 Å². The molecule has 0 bridgehead atoms. The summed E-state index contributed by atoms with van der Waals surface area (Å²) in [5.74, 6) is -1.94. The lowest BCUT2D eigenvalue weighted by atomic mass is 10.1. The van der Waals surface area contributed by atoms with Gasteiger partial charge in [0.1, 0.15) is 5.58 Å². The number of rotatable bonds is 2. The van der Waals surface area contributed by atoms with E-state index in [1.54, 1.807) is 25.1 Å². The molecule has 2 aromatic rings. The Morgan fingerprint density at radius 1 is 1.29 bits per heavy atom. The minimum atomic E-state index is -3.16. The second-order valence-corrected chi connectivity index (χ2v) is 8.41. The number of hydrazine groups is 1. The van der Waals surface area contributed by atoms with Gasteiger partial charge in [-0.15, -0.1) is 0 Å². The van der Waals surface area contributed by atoms with Gasteiger partial charge >= 0.3 is 5.91 Å². The van der Waals surface area contributed by atoms with Gasteiger partial charge in [0.25, 0.3) is 0 Å². The molecule has 1 saturated heterocycles. The molecule has 24 heavy (non-hydrogen) atoms. The van der Waals surface area contributed by atoms with Gasteiger partial charge in [0.2, 0.25) is 5.91 Å². The lowest BCUT2D eigenvalue weighted by Crippen LogP contribution is -2.44. The van der Waals surface area contributed by atoms with E-state index in [2.05, 4.69) is 10.9 Å². The lowest BCUT2D eigenvalue weighted by Gasteiger charge is -2.09. The number of hydrogen-bond donors (Lipinski definition) is 2. The zero-order valence-corrected chi connectivity index (χ0v) is 14.3. The second kappa shape index (κ2) is 6.10. The van der Waals surface area contributed by atoms with Crippen LogP contribution in [0.5, 0.6) is 0 Å². The molecule has 0 spiro atoms. The average molecular weight is 371 g/mol. The predicted molar refractivity (Wildman–Crippen MR) is 88.3 cm³/mol. The Kier molecular flexibility index (Phi) is 4.27. The van der Waals surface area contributed by atoms with E-state index < -0.39 is 27.6 Å². The van der Waals surface area contributed by atoms with Crippen LogP contribution in [0.15, 0.2) is 22.6 Å². The Morgan fingerprint density at radius 2 is 2.04 bits per heavy atom. The monoisotopic (exact) mass is 370 g/mol. The van der Waals surface area contributed by atoms with E-state index in [0.29, 0.717) is 21.6 Å². The van der Waals surface area contributed by atoms with Gasteiger partial charge < -0.3 is 4.42 Å². The van der Waals surface area contributed by atoms with Crippen LogP contribution in [0.3, 0.4) is 0 Å². The summed E-state index contributed by atoms with van der Waals surface area (Å²) in [4.78, 5) is 24.1. The van der Waals surface area contributed by atoms with E-state index in [9.17, 15) is 18.0 Å². The van der Waals surface area contributed by atoms with Crippen LogP contribution in [0.4, 0.5) is 0 Å². The van der Waals surface area contributed by atoms with Crippen molar-refractivity contribution in [1.82, 2.24) is 10.9 Å². The molecule has 1 fully saturated rings. The summed E-state index contributed by atoms with van der Waals surface area (Å²) in [7, 11) is -3.16. The molecule has 1 aliphatic heterocycles. The van der Waals surface area contributed by atoms with E-state index in [-0.39, 0.29) is 23.7 Å². The van der Waals surface area contributed by atoms with Crippen molar-refractivity contribution in [1.29, 1.82) is 0 Å². The predicted octanol–water partition coefficient (Wildman–Crippen LogP) is 1.59. The van der Waals surface area contributed by atoms with E-state index >= 15 is 0 Å². The number of carbonyl (C=O) groups excluding carboxylic acids is 2. The van der Waals surface area contributed by atoms with Gasteiger partial charge in [0.15, 0.2) is 15.6 Å². The largest absolute Gasteiger partial charge is 0.451 e. The van der Waals surface area contributed by atoms with E-state index in [4.69, 9.17) is 16.0 Å². The van der Waals surface area contributed by atoms with Crippen LogP contribution in [0.25, 0.3) is 11.0 Å². The molecule has 1 atom stereocenters. The molecule has 9 heteroatoms. The summed E-state index contributed by atoms with van der Waals surface area (Å²) < 4.78 is 28.3. The molecule has 1 aliphatic rings. The molecule has 2 heterocycles. The molecule has 2 N–H and O–H groups in total. The number of fused-ring (bicyclic) bond motifs is 1. The summed E-state index contributed by atoms with van der Waals surface area (Å²) in [6.45, 7) is 1.71. The maximum atomic E-state index is 12.2. The van der Waals surface area contributed by atoms with Crippen molar-refractivity contribution in [3.63, 3.8) is 0 Å². The van der Waals surface area contributed by atoms with E-state index in [1.165, 1.54) is 0 Å².